The van der Waals surface area contributed by atoms with Crippen molar-refractivity contribution >= 4 is 38.8 Å². The molecular weight excluding hydrogens is 388 g/mol. The van der Waals surface area contributed by atoms with Gasteiger partial charge in [-0.3, -0.25) is 0 Å². The molecule has 0 saturated carbocycles. The quantitative estimate of drug-likeness (QED) is 0.277. The molecule has 0 radical (unpaired) electrons. The Morgan fingerprint density at radius 2 is 1.25 bits per heavy atom. The van der Waals surface area contributed by atoms with Crippen molar-refractivity contribution in [2.24, 2.45) is 0 Å². The molecular formula is C30H22N2. The minimum Gasteiger partial charge on any atom is -0.313 e. The van der Waals surface area contributed by atoms with Crippen LogP contribution in [0.2, 0.25) is 0 Å². The zero-order valence-corrected chi connectivity index (χ0v) is 17.7. The van der Waals surface area contributed by atoms with Crippen LogP contribution in [0, 0.1) is 0 Å². The van der Waals surface area contributed by atoms with Gasteiger partial charge in [0.1, 0.15) is 0 Å². The molecule has 2 aromatic heterocycles. The van der Waals surface area contributed by atoms with Crippen molar-refractivity contribution in [3.63, 3.8) is 0 Å². The van der Waals surface area contributed by atoms with Gasteiger partial charge in [0.05, 0.1) is 16.6 Å². The van der Waals surface area contributed by atoms with Crippen LogP contribution in [-0.4, -0.2) is 9.13 Å². The van der Waals surface area contributed by atoms with Gasteiger partial charge in [-0.05, 0) is 49.2 Å². The molecule has 0 spiro atoms. The van der Waals surface area contributed by atoms with Crippen LogP contribution in [0.1, 0.15) is 17.7 Å². The van der Waals surface area contributed by atoms with Gasteiger partial charge in [-0.2, -0.15) is 0 Å². The van der Waals surface area contributed by atoms with Gasteiger partial charge in [0.25, 0.3) is 0 Å². The van der Waals surface area contributed by atoms with Crippen molar-refractivity contribution in [1.29, 1.82) is 0 Å². The molecule has 0 N–H and O–H groups in total. The molecule has 4 aromatic carbocycles. The summed E-state index contributed by atoms with van der Waals surface area (Å²) in [5.74, 6) is 0. The second-order valence-corrected chi connectivity index (χ2v) is 8.52. The predicted octanol–water partition coefficient (Wildman–Crippen LogP) is 7.69. The lowest BCUT2D eigenvalue weighted by Gasteiger charge is -2.13. The van der Waals surface area contributed by atoms with Gasteiger partial charge in [0, 0.05) is 38.8 Å². The van der Waals surface area contributed by atoms with E-state index >= 15 is 0 Å². The number of hydrogen-bond donors (Lipinski definition) is 0. The second-order valence-electron chi connectivity index (χ2n) is 8.52. The van der Waals surface area contributed by atoms with Crippen molar-refractivity contribution in [1.82, 2.24) is 9.13 Å². The summed E-state index contributed by atoms with van der Waals surface area (Å²) in [5.41, 5.74) is 9.03. The van der Waals surface area contributed by atoms with Gasteiger partial charge in [-0.1, -0.05) is 72.8 Å². The van der Waals surface area contributed by atoms with E-state index in [-0.39, 0.29) is 0 Å². The number of fused-ring (bicyclic) bond motifs is 7. The number of para-hydroxylation sites is 3. The van der Waals surface area contributed by atoms with Gasteiger partial charge in [0.2, 0.25) is 0 Å². The molecule has 0 aliphatic heterocycles. The van der Waals surface area contributed by atoms with Gasteiger partial charge in [-0.15, -0.1) is 0 Å². The summed E-state index contributed by atoms with van der Waals surface area (Å²) in [6, 6.07) is 35.0. The van der Waals surface area contributed by atoms with E-state index in [0.29, 0.717) is 0 Å². The highest BCUT2D eigenvalue weighted by molar-refractivity contribution is 6.20. The predicted molar refractivity (Wildman–Crippen MR) is 135 cm³/mol. The van der Waals surface area contributed by atoms with Gasteiger partial charge >= 0.3 is 0 Å². The maximum absolute atomic E-state index is 2.47. The Kier molecular flexibility index (Phi) is 3.71. The van der Waals surface area contributed by atoms with Crippen LogP contribution in [0.15, 0.2) is 103 Å². The third-order valence-corrected chi connectivity index (χ3v) is 6.77. The zero-order valence-electron chi connectivity index (χ0n) is 17.7. The molecule has 0 unspecified atom stereocenters. The molecule has 2 heteroatoms. The zero-order chi connectivity index (χ0) is 21.1. The standard InChI is InChI=1S/C30H22N2/c1-3-11-21(12-4-1)31-27-18-10-8-16-25(27)29-28(31)20-19-24-23-15-7-9-17-26(23)32(30(24)29)22-13-5-2-6-14-22/h1-9,11-17,19-20H,10,18H2. The number of nitrogens with zero attached hydrogens (tertiary/aromatic N) is 2. The van der Waals surface area contributed by atoms with Crippen LogP contribution in [0.25, 0.3) is 50.2 Å². The fraction of sp³-hybridized carbons (Fsp3) is 0.0667. The third-order valence-electron chi connectivity index (χ3n) is 6.77. The molecule has 0 fully saturated rings. The van der Waals surface area contributed by atoms with Crippen LogP contribution < -0.4 is 0 Å². The summed E-state index contributed by atoms with van der Waals surface area (Å²) in [5, 5.41) is 3.95. The fourth-order valence-electron chi connectivity index (χ4n) is 5.47. The van der Waals surface area contributed by atoms with Crippen LogP contribution in [0.5, 0.6) is 0 Å². The second kappa shape index (κ2) is 6.73. The number of benzene rings is 4. The van der Waals surface area contributed by atoms with E-state index in [4.69, 9.17) is 0 Å². The van der Waals surface area contributed by atoms with E-state index in [2.05, 4.69) is 118 Å². The van der Waals surface area contributed by atoms with Crippen molar-refractivity contribution in [2.75, 3.05) is 0 Å². The Morgan fingerprint density at radius 1 is 0.562 bits per heavy atom. The Labute approximate surface area is 186 Å². The summed E-state index contributed by atoms with van der Waals surface area (Å²) >= 11 is 0. The highest BCUT2D eigenvalue weighted by Gasteiger charge is 2.23. The molecule has 0 bridgehead atoms. The smallest absolute Gasteiger partial charge is 0.0641 e. The first kappa shape index (κ1) is 17.6. The maximum Gasteiger partial charge on any atom is 0.0641 e. The summed E-state index contributed by atoms with van der Waals surface area (Å²) in [6.07, 6.45) is 6.81. The monoisotopic (exact) mass is 410 g/mol. The molecule has 1 aliphatic rings. The van der Waals surface area contributed by atoms with Gasteiger partial charge in [0.15, 0.2) is 0 Å². The highest BCUT2D eigenvalue weighted by Crippen LogP contribution is 2.42. The van der Waals surface area contributed by atoms with Crippen LogP contribution in [0.4, 0.5) is 0 Å². The Bertz CT molecular complexity index is 1650. The van der Waals surface area contributed by atoms with Gasteiger partial charge < -0.3 is 9.13 Å². The third kappa shape index (κ3) is 2.35. The fourth-order valence-corrected chi connectivity index (χ4v) is 5.47. The van der Waals surface area contributed by atoms with Crippen LogP contribution in [0.3, 0.4) is 0 Å². The van der Waals surface area contributed by atoms with Crippen LogP contribution >= 0.6 is 0 Å². The van der Waals surface area contributed by atoms with E-state index in [1.54, 1.807) is 0 Å². The molecule has 7 rings (SSSR count). The largest absolute Gasteiger partial charge is 0.313 e. The normalized spacial score (nSPS) is 13.2. The Hall–Kier alpha value is -4.04. The lowest BCUT2D eigenvalue weighted by molar-refractivity contribution is 0.888. The molecule has 0 saturated heterocycles. The molecule has 152 valence electrons. The summed E-state index contributed by atoms with van der Waals surface area (Å²) in [4.78, 5) is 0. The summed E-state index contributed by atoms with van der Waals surface area (Å²) < 4.78 is 4.92. The first-order valence-corrected chi connectivity index (χ1v) is 11.3. The average Bonchev–Trinajstić information content (AvgIpc) is 3.38. The van der Waals surface area contributed by atoms with Crippen molar-refractivity contribution in [3.05, 3.63) is 114 Å². The van der Waals surface area contributed by atoms with E-state index in [0.717, 1.165) is 12.8 Å². The number of rotatable bonds is 2. The minimum atomic E-state index is 1.06. The van der Waals surface area contributed by atoms with Crippen molar-refractivity contribution in [2.45, 2.75) is 12.8 Å². The van der Waals surface area contributed by atoms with Crippen LogP contribution in [-0.2, 0) is 6.42 Å². The highest BCUT2D eigenvalue weighted by atomic mass is 15.0. The Morgan fingerprint density at radius 3 is 2.03 bits per heavy atom. The Balaban J connectivity index is 1.74. The van der Waals surface area contributed by atoms with E-state index in [1.165, 1.54) is 55.3 Å². The molecule has 1 aliphatic carbocycles. The SMILES string of the molecule is C1=Cc2c(n(-c3ccccc3)c3ccc4c5ccccc5n(-c5ccccc5)c4c23)CC1. The first-order chi connectivity index (χ1) is 15.9. The summed E-state index contributed by atoms with van der Waals surface area (Å²) in [6.45, 7) is 0. The molecule has 0 amide bonds. The summed E-state index contributed by atoms with van der Waals surface area (Å²) in [7, 11) is 0. The van der Waals surface area contributed by atoms with Crippen molar-refractivity contribution in [3.8, 4) is 11.4 Å². The van der Waals surface area contributed by atoms with Gasteiger partial charge in [-0.25, -0.2) is 0 Å². The topological polar surface area (TPSA) is 9.86 Å². The molecule has 2 heterocycles. The number of allylic oxidation sites excluding steroid dienone is 1. The average molecular weight is 411 g/mol. The molecule has 2 nitrogen and oxygen atoms in total. The van der Waals surface area contributed by atoms with E-state index < -0.39 is 0 Å². The lowest BCUT2D eigenvalue weighted by atomic mass is 10.0. The molecule has 32 heavy (non-hydrogen) atoms. The molecule has 6 aromatic rings. The first-order valence-electron chi connectivity index (χ1n) is 11.3. The van der Waals surface area contributed by atoms with E-state index in [1.807, 2.05) is 0 Å². The van der Waals surface area contributed by atoms with E-state index in [9.17, 15) is 0 Å². The molecule has 0 atom stereocenters. The number of hydrogen-bond acceptors (Lipinski definition) is 0. The number of aromatic nitrogens is 2. The minimum absolute atomic E-state index is 1.06. The maximum atomic E-state index is 2.47. The van der Waals surface area contributed by atoms with Crippen molar-refractivity contribution < 1.29 is 0 Å². The lowest BCUT2D eigenvalue weighted by Crippen LogP contribution is -2.02.